The van der Waals surface area contributed by atoms with Gasteiger partial charge in [0.15, 0.2) is 0 Å². The fourth-order valence-electron chi connectivity index (χ4n) is 3.34. The Balaban J connectivity index is -0.000000215. The third-order valence-corrected chi connectivity index (χ3v) is 7.08. The van der Waals surface area contributed by atoms with Crippen LogP contribution in [-0.4, -0.2) is 50.6 Å². The lowest BCUT2D eigenvalue weighted by Gasteiger charge is -1.89. The van der Waals surface area contributed by atoms with E-state index in [0.717, 1.165) is 63.0 Å². The molecule has 9 heterocycles. The molecular weight excluding hydrogens is 855 g/mol. The lowest BCUT2D eigenvalue weighted by atomic mass is 10.3. The third kappa shape index (κ3) is 40.3. The molecule has 0 saturated heterocycles. The van der Waals surface area contributed by atoms with Gasteiger partial charge in [-0.05, 0) is 102 Å². The summed E-state index contributed by atoms with van der Waals surface area (Å²) in [6.45, 7) is 43.0. The second-order valence-electron chi connectivity index (χ2n) is 12.4. The zero-order chi connectivity index (χ0) is 52.0. The molecule has 0 aliphatic rings. The van der Waals surface area contributed by atoms with E-state index in [-0.39, 0.29) is 7.43 Å². The van der Waals surface area contributed by atoms with Crippen molar-refractivity contribution in [3.63, 3.8) is 0 Å². The second-order valence-corrected chi connectivity index (χ2v) is 12.4. The van der Waals surface area contributed by atoms with Crippen molar-refractivity contribution < 1.29 is 0 Å². The summed E-state index contributed by atoms with van der Waals surface area (Å²) in [5.74, 6) is 2.35. The van der Waals surface area contributed by atoms with Gasteiger partial charge in [-0.3, -0.25) is 0 Å². The average Bonchev–Trinajstić information content (AvgIpc) is 4.17. The number of hydrogen-bond acceptors (Lipinski definition) is 10. The van der Waals surface area contributed by atoms with E-state index in [1.54, 1.807) is 62.0 Å². The number of nitrogens with zero attached hydrogens (tertiary/aromatic N) is 19. The first-order chi connectivity index (χ1) is 32.1. The summed E-state index contributed by atoms with van der Waals surface area (Å²) in [4.78, 5) is 26.8. The molecule has 0 aliphatic heterocycles. The van der Waals surface area contributed by atoms with Crippen LogP contribution in [-0.2, 0) is 0 Å². The number of rotatable bonds is 0. The molecule has 382 valence electrons. The van der Waals surface area contributed by atoms with Gasteiger partial charge in [0.1, 0.15) is 0 Å². The maximum atomic E-state index is 4.00. The molecule has 0 atom stereocenters. The minimum atomic E-state index is 0. The van der Waals surface area contributed by atoms with E-state index in [4.69, 9.17) is 0 Å². The first-order valence-electron chi connectivity index (χ1n) is 22.2. The van der Waals surface area contributed by atoms with E-state index >= 15 is 0 Å². The fraction of sp³-hybridized carbons (Fsp3) is 0.469. The van der Waals surface area contributed by atoms with Gasteiger partial charge in [0.05, 0.1) is 0 Å². The number of hydrogen-bond donors (Lipinski definition) is 0. The van der Waals surface area contributed by atoms with Crippen LogP contribution in [0.5, 0.6) is 0 Å². The van der Waals surface area contributed by atoms with Gasteiger partial charge in [0, 0.05) is 29.0 Å². The molecule has 9 aromatic rings. The van der Waals surface area contributed by atoms with Crippen molar-refractivity contribution in [3.8, 4) is 0 Å². The van der Waals surface area contributed by atoms with Crippen molar-refractivity contribution in [3.05, 3.63) is 154 Å². The van der Waals surface area contributed by atoms with Gasteiger partial charge in [-0.1, -0.05) is 153 Å². The molecule has 0 N–H and O–H groups in total. The molecule has 0 spiro atoms. The van der Waals surface area contributed by atoms with Crippen LogP contribution in [0.1, 0.15) is 143 Å². The summed E-state index contributed by atoms with van der Waals surface area (Å²) in [6, 6.07) is 3.72. The summed E-state index contributed by atoms with van der Waals surface area (Å²) in [6.07, 6.45) is 16.7. The molecule has 9 rings (SSSR count). The summed E-state index contributed by atoms with van der Waals surface area (Å²) in [5, 5.41) is 44.1. The van der Waals surface area contributed by atoms with E-state index in [1.165, 1.54) is 23.0 Å². The lowest BCUT2D eigenvalue weighted by molar-refractivity contribution is 0.990. The smallest absolute Gasteiger partial charge is 0.0158 e. The van der Waals surface area contributed by atoms with E-state index in [1.807, 2.05) is 158 Å². The summed E-state index contributed by atoms with van der Waals surface area (Å²) in [5.41, 5.74) is 11.6. The van der Waals surface area contributed by atoms with Crippen molar-refractivity contribution in [2.45, 2.75) is 160 Å². The van der Waals surface area contributed by atoms with Gasteiger partial charge in [0.25, 0.3) is 0 Å². The fourth-order valence-corrected chi connectivity index (χ4v) is 3.34. The Kier molecular flexibility index (Phi) is 49.1. The first-order valence-corrected chi connectivity index (χ1v) is 22.2. The zero-order valence-electron chi connectivity index (χ0n) is 44.4. The highest BCUT2D eigenvalue weighted by molar-refractivity contribution is 5.11. The Bertz CT molecular complexity index is 1840. The molecule has 0 unspecified atom stereocenters. The molecular formula is C49H82N19-9. The summed E-state index contributed by atoms with van der Waals surface area (Å²) < 4.78 is 0. The van der Waals surface area contributed by atoms with Crippen LogP contribution in [0, 0.1) is 96.9 Å². The highest BCUT2D eigenvalue weighted by Gasteiger charge is 1.82. The Morgan fingerprint density at radius 3 is 1.04 bits per heavy atom. The van der Waals surface area contributed by atoms with Crippen LogP contribution in [0.25, 0.3) is 0 Å². The number of aromatic nitrogens is 19. The van der Waals surface area contributed by atoms with Gasteiger partial charge in [-0.2, -0.15) is 24.8 Å². The van der Waals surface area contributed by atoms with Crippen LogP contribution < -0.4 is 45.4 Å². The average molecular weight is 937 g/mol. The normalized spacial score (nSPS) is 8.32. The zero-order valence-corrected chi connectivity index (χ0v) is 44.4. The molecule has 9 aromatic heterocycles. The van der Waals surface area contributed by atoms with E-state index in [9.17, 15) is 0 Å². The molecule has 0 aliphatic carbocycles. The monoisotopic (exact) mass is 937 g/mol. The van der Waals surface area contributed by atoms with E-state index < -0.39 is 0 Å². The van der Waals surface area contributed by atoms with Crippen LogP contribution >= 0.6 is 0 Å². The van der Waals surface area contributed by atoms with Crippen molar-refractivity contribution in [1.29, 1.82) is 0 Å². The molecule has 68 heavy (non-hydrogen) atoms. The van der Waals surface area contributed by atoms with Gasteiger partial charge < -0.3 is 96.1 Å². The molecule has 0 bridgehead atoms. The predicted octanol–water partition coefficient (Wildman–Crippen LogP) is 8.80. The number of imidazole rings is 3. The molecule has 0 aromatic carbocycles. The van der Waals surface area contributed by atoms with E-state index in [2.05, 4.69) is 96.1 Å². The Morgan fingerprint density at radius 2 is 0.941 bits per heavy atom. The van der Waals surface area contributed by atoms with Crippen molar-refractivity contribution in [2.24, 2.45) is 0 Å². The first kappa shape index (κ1) is 69.8. The highest BCUT2D eigenvalue weighted by atomic mass is 15.2. The lowest BCUT2D eigenvalue weighted by Crippen LogP contribution is -1.75. The molecule has 0 fully saturated rings. The Morgan fingerprint density at radius 1 is 0.456 bits per heavy atom. The van der Waals surface area contributed by atoms with Crippen LogP contribution in [0.2, 0.25) is 0 Å². The van der Waals surface area contributed by atoms with Gasteiger partial charge in [-0.25, -0.2) is 0 Å². The van der Waals surface area contributed by atoms with Gasteiger partial charge in [-0.15, -0.1) is 5.69 Å². The molecule has 0 radical (unpaired) electrons. The van der Waals surface area contributed by atoms with Gasteiger partial charge >= 0.3 is 0 Å². The summed E-state index contributed by atoms with van der Waals surface area (Å²) >= 11 is 0. The second kappa shape index (κ2) is 47.8. The van der Waals surface area contributed by atoms with Crippen molar-refractivity contribution in [1.82, 2.24) is 96.1 Å². The van der Waals surface area contributed by atoms with Crippen LogP contribution in [0.3, 0.4) is 0 Å². The largest absolute Gasteiger partial charge is 0.582 e. The van der Waals surface area contributed by atoms with Crippen LogP contribution in [0.15, 0.2) is 74.4 Å². The van der Waals surface area contributed by atoms with Crippen molar-refractivity contribution in [2.75, 3.05) is 0 Å². The highest BCUT2D eigenvalue weighted by Crippen LogP contribution is 1.97. The quantitative estimate of drug-likeness (QED) is 0.138. The third-order valence-electron chi connectivity index (χ3n) is 7.08. The van der Waals surface area contributed by atoms with Gasteiger partial charge in [0.2, 0.25) is 0 Å². The maximum Gasteiger partial charge on any atom is 0.0158 e. The molecule has 0 saturated carbocycles. The maximum absolute atomic E-state index is 4.00. The molecule has 0 amide bonds. The Labute approximate surface area is 408 Å². The molecule has 19 heteroatoms. The minimum Gasteiger partial charge on any atom is -0.582 e. The predicted molar refractivity (Wildman–Crippen MR) is 274 cm³/mol. The van der Waals surface area contributed by atoms with Crippen molar-refractivity contribution >= 4 is 0 Å². The standard InChI is InChI=1S/6C5H7N2.C4H6N3.2C3H3N2.4C2H6.CH4/c1-4-5(2)7-3-6-4;1-4-3-6-5(2)7-4;3*1-4-3-6-7-5(4)2;1-4-3-5(2)7-6-4;1-3-5-4(2)7-6-3;1-2-5-3-4-1;1-2-4-5-3-1;4*1-2;/h6*3H,1-2H3;1-2H3;2*1-3H;4*1-2H3;1H4/q9*-1;;;;;. The van der Waals surface area contributed by atoms with Crippen LogP contribution in [0.4, 0.5) is 0 Å². The summed E-state index contributed by atoms with van der Waals surface area (Å²) in [7, 11) is 0. The Hall–Kier alpha value is -7.18. The topological polar surface area (TPSA) is 256 Å². The number of aryl methyl sites for hydroxylation is 14. The SMILES string of the molecule is C.CC.CC.CC.CC.Cc1c[n-]c(C)n1.Cc1c[n-]nc1C.Cc1c[n-]nc1C.Cc1c[n-]nc1C.Cc1cc(C)[n-]n1.Cc1nc[n-]c1C.Cc1nnc(C)[n-]1.c1c[n-]cn1.c1cn[n-]c1. The minimum absolute atomic E-state index is 0. The van der Waals surface area contributed by atoms with E-state index in [0.29, 0.717) is 0 Å². The molecule has 19 nitrogen and oxygen atoms in total.